The number of rotatable bonds is 5. The number of aromatic nitrogens is 2. The van der Waals surface area contributed by atoms with E-state index in [2.05, 4.69) is 14.9 Å². The van der Waals surface area contributed by atoms with Crippen molar-refractivity contribution in [2.75, 3.05) is 6.61 Å². The van der Waals surface area contributed by atoms with Crippen LogP contribution in [0.3, 0.4) is 0 Å². The molecule has 2 rings (SSSR count). The molecule has 20 heavy (non-hydrogen) atoms. The van der Waals surface area contributed by atoms with E-state index in [0.29, 0.717) is 11.8 Å². The summed E-state index contributed by atoms with van der Waals surface area (Å²) in [6.07, 6.45) is 2.67. The van der Waals surface area contributed by atoms with Crippen LogP contribution in [0.15, 0.2) is 30.5 Å². The van der Waals surface area contributed by atoms with Gasteiger partial charge in [-0.1, -0.05) is 37.6 Å². The number of halogens is 2. The van der Waals surface area contributed by atoms with Crippen molar-refractivity contribution in [1.29, 1.82) is 0 Å². The highest BCUT2D eigenvalue weighted by molar-refractivity contribution is 5.89. The maximum Gasteiger partial charge on any atom is 0.386 e. The van der Waals surface area contributed by atoms with E-state index in [4.69, 9.17) is 0 Å². The van der Waals surface area contributed by atoms with E-state index in [1.54, 1.807) is 18.2 Å². The Morgan fingerprint density at radius 1 is 1.35 bits per heavy atom. The van der Waals surface area contributed by atoms with Crippen LogP contribution in [0.2, 0.25) is 0 Å². The fourth-order valence-electron chi connectivity index (χ4n) is 1.76. The summed E-state index contributed by atoms with van der Waals surface area (Å²) in [7, 11) is 0. The molecule has 0 radical (unpaired) electrons. The summed E-state index contributed by atoms with van der Waals surface area (Å²) in [6.45, 7) is 1.85. The minimum absolute atomic E-state index is 0.0247. The van der Waals surface area contributed by atoms with Crippen molar-refractivity contribution in [2.45, 2.75) is 25.7 Å². The molecule has 0 fully saturated rings. The predicted octanol–water partition coefficient (Wildman–Crippen LogP) is 3.06. The van der Waals surface area contributed by atoms with Gasteiger partial charge in [-0.3, -0.25) is 0 Å². The minimum Gasteiger partial charge on any atom is -0.461 e. The molecule has 0 aliphatic rings. The summed E-state index contributed by atoms with van der Waals surface area (Å²) in [5.74, 6) is -5.39. The molecule has 1 aromatic heterocycles. The van der Waals surface area contributed by atoms with Gasteiger partial charge < -0.3 is 4.74 Å². The van der Waals surface area contributed by atoms with Crippen LogP contribution < -0.4 is 0 Å². The highest BCUT2D eigenvalue weighted by Gasteiger charge is 2.46. The van der Waals surface area contributed by atoms with Gasteiger partial charge in [0, 0.05) is 10.8 Å². The third-order valence-electron chi connectivity index (χ3n) is 2.86. The average Bonchev–Trinajstić information content (AvgIpc) is 2.46. The van der Waals surface area contributed by atoms with Gasteiger partial charge in [0.05, 0.1) is 12.8 Å². The monoisotopic (exact) mass is 280 g/mol. The second-order valence-electron chi connectivity index (χ2n) is 4.34. The van der Waals surface area contributed by atoms with Crippen LogP contribution in [0.5, 0.6) is 0 Å². The van der Waals surface area contributed by atoms with Crippen LogP contribution in [0.1, 0.15) is 25.5 Å². The highest BCUT2D eigenvalue weighted by atomic mass is 19.3. The molecule has 0 aliphatic carbocycles. The maximum atomic E-state index is 14.1. The van der Waals surface area contributed by atoms with Gasteiger partial charge in [0.25, 0.3) is 0 Å². The topological polar surface area (TPSA) is 52.1 Å². The fourth-order valence-corrected chi connectivity index (χ4v) is 1.76. The summed E-state index contributed by atoms with van der Waals surface area (Å²) < 4.78 is 32.9. The lowest BCUT2D eigenvalue weighted by molar-refractivity contribution is -0.174. The van der Waals surface area contributed by atoms with E-state index in [1.807, 2.05) is 6.92 Å². The van der Waals surface area contributed by atoms with Gasteiger partial charge in [-0.15, -0.1) is 5.10 Å². The molecule has 0 N–H and O–H groups in total. The molecule has 0 saturated carbocycles. The average molecular weight is 280 g/mol. The quantitative estimate of drug-likeness (QED) is 0.624. The van der Waals surface area contributed by atoms with Crippen molar-refractivity contribution in [3.8, 4) is 0 Å². The Morgan fingerprint density at radius 3 is 2.85 bits per heavy atom. The van der Waals surface area contributed by atoms with Crippen molar-refractivity contribution in [1.82, 2.24) is 10.2 Å². The van der Waals surface area contributed by atoms with Crippen molar-refractivity contribution in [2.24, 2.45) is 0 Å². The Bertz CT molecular complexity index is 612. The first-order chi connectivity index (χ1) is 9.57. The molecule has 0 bridgehead atoms. The molecule has 2 aromatic rings. The summed E-state index contributed by atoms with van der Waals surface area (Å²) in [6, 6.07) is 6.41. The zero-order valence-corrected chi connectivity index (χ0v) is 11.0. The molecule has 6 heteroatoms. The molecule has 0 spiro atoms. The number of hydrogen-bond acceptors (Lipinski definition) is 4. The van der Waals surface area contributed by atoms with Gasteiger partial charge in [-0.05, 0) is 6.42 Å². The predicted molar refractivity (Wildman–Crippen MR) is 69.3 cm³/mol. The number of esters is 1. The molecule has 0 saturated heterocycles. The number of carbonyl (C=O) groups excluding carboxylic acids is 1. The standard InChI is InChI=1S/C14H14F2N2O2/c1-2-3-8-20-13(19)14(15,16)12-11-7-5-4-6-10(11)9-17-18-12/h4-7,9H,2-3,8H2,1H3. The molecule has 0 aliphatic heterocycles. The van der Waals surface area contributed by atoms with Gasteiger partial charge in [0.15, 0.2) is 5.69 Å². The van der Waals surface area contributed by atoms with Crippen molar-refractivity contribution in [3.05, 3.63) is 36.2 Å². The molecular weight excluding hydrogens is 266 g/mol. The number of ether oxygens (including phenoxy) is 1. The van der Waals surface area contributed by atoms with Crippen LogP contribution in [0.4, 0.5) is 8.78 Å². The molecule has 1 aromatic carbocycles. The number of alkyl halides is 2. The van der Waals surface area contributed by atoms with Gasteiger partial charge >= 0.3 is 11.9 Å². The number of benzene rings is 1. The largest absolute Gasteiger partial charge is 0.461 e. The Hall–Kier alpha value is -2.11. The first-order valence-electron chi connectivity index (χ1n) is 6.33. The Balaban J connectivity index is 2.33. The van der Waals surface area contributed by atoms with E-state index >= 15 is 0 Å². The van der Waals surface area contributed by atoms with Gasteiger partial charge in [-0.2, -0.15) is 13.9 Å². The van der Waals surface area contributed by atoms with Crippen LogP contribution in [0, 0.1) is 0 Å². The molecule has 0 unspecified atom stereocenters. The summed E-state index contributed by atoms with van der Waals surface area (Å²) in [5.41, 5.74) is -0.669. The zero-order chi connectivity index (χ0) is 14.6. The molecule has 106 valence electrons. The molecular formula is C14H14F2N2O2. The lowest BCUT2D eigenvalue weighted by atomic mass is 10.1. The number of fused-ring (bicyclic) bond motifs is 1. The number of hydrogen-bond donors (Lipinski definition) is 0. The van der Waals surface area contributed by atoms with Gasteiger partial charge in [-0.25, -0.2) is 4.79 Å². The first-order valence-corrected chi connectivity index (χ1v) is 6.33. The lowest BCUT2D eigenvalue weighted by Gasteiger charge is -2.15. The molecule has 4 nitrogen and oxygen atoms in total. The Labute approximate surface area is 114 Å². The zero-order valence-electron chi connectivity index (χ0n) is 11.0. The molecule has 1 heterocycles. The van der Waals surface area contributed by atoms with Crippen LogP contribution in [-0.2, 0) is 15.5 Å². The SMILES string of the molecule is CCCCOC(=O)C(F)(F)c1nncc2ccccc12. The first kappa shape index (κ1) is 14.3. The van der Waals surface area contributed by atoms with Crippen molar-refractivity contribution < 1.29 is 18.3 Å². The van der Waals surface area contributed by atoms with E-state index in [0.717, 1.165) is 6.42 Å². The van der Waals surface area contributed by atoms with Crippen LogP contribution in [0.25, 0.3) is 10.8 Å². The third kappa shape index (κ3) is 2.74. The van der Waals surface area contributed by atoms with E-state index < -0.39 is 17.6 Å². The molecule has 0 atom stereocenters. The lowest BCUT2D eigenvalue weighted by Crippen LogP contribution is -2.30. The maximum absolute atomic E-state index is 14.1. The van der Waals surface area contributed by atoms with E-state index in [1.165, 1.54) is 12.3 Å². The Kier molecular flexibility index (Phi) is 4.22. The smallest absolute Gasteiger partial charge is 0.386 e. The van der Waals surface area contributed by atoms with Gasteiger partial charge in [0.2, 0.25) is 0 Å². The normalized spacial score (nSPS) is 11.6. The van der Waals surface area contributed by atoms with E-state index in [9.17, 15) is 13.6 Å². The van der Waals surface area contributed by atoms with Crippen molar-refractivity contribution >= 4 is 16.7 Å². The van der Waals surface area contributed by atoms with E-state index in [-0.39, 0.29) is 12.0 Å². The fraction of sp³-hybridized carbons (Fsp3) is 0.357. The highest BCUT2D eigenvalue weighted by Crippen LogP contribution is 2.32. The summed E-state index contributed by atoms with van der Waals surface area (Å²) in [4.78, 5) is 11.5. The Morgan fingerprint density at radius 2 is 2.10 bits per heavy atom. The number of nitrogens with zero attached hydrogens (tertiary/aromatic N) is 2. The number of carbonyl (C=O) groups is 1. The number of unbranched alkanes of at least 4 members (excludes halogenated alkanes) is 1. The minimum atomic E-state index is -3.80. The summed E-state index contributed by atoms with van der Waals surface area (Å²) in [5, 5.41) is 7.64. The third-order valence-corrected chi connectivity index (χ3v) is 2.86. The van der Waals surface area contributed by atoms with Gasteiger partial charge in [0.1, 0.15) is 0 Å². The van der Waals surface area contributed by atoms with Crippen LogP contribution >= 0.6 is 0 Å². The van der Waals surface area contributed by atoms with Crippen molar-refractivity contribution in [3.63, 3.8) is 0 Å². The second kappa shape index (κ2) is 5.90. The molecule has 0 amide bonds. The second-order valence-corrected chi connectivity index (χ2v) is 4.34. The summed E-state index contributed by atoms with van der Waals surface area (Å²) >= 11 is 0. The van der Waals surface area contributed by atoms with Crippen LogP contribution in [-0.4, -0.2) is 22.8 Å².